The van der Waals surface area contributed by atoms with Gasteiger partial charge in [0, 0.05) is 12.6 Å². The van der Waals surface area contributed by atoms with Crippen LogP contribution in [0.15, 0.2) is 12.3 Å². The number of hydrogen-bond acceptors (Lipinski definition) is 5. The Kier molecular flexibility index (Phi) is 3.14. The molecule has 1 unspecified atom stereocenters. The summed E-state index contributed by atoms with van der Waals surface area (Å²) < 4.78 is 1.76. The van der Waals surface area contributed by atoms with Crippen LogP contribution in [0.3, 0.4) is 0 Å². The van der Waals surface area contributed by atoms with Gasteiger partial charge in [-0.25, -0.2) is 0 Å². The van der Waals surface area contributed by atoms with Crippen molar-refractivity contribution in [2.24, 2.45) is 7.05 Å². The van der Waals surface area contributed by atoms with Crippen molar-refractivity contribution in [3.05, 3.63) is 34.9 Å². The minimum Gasteiger partial charge on any atom is -0.308 e. The molecule has 0 saturated heterocycles. The number of nitrogens with one attached hydrogen (secondary N) is 1. The SMILES string of the molecule is CNC(c1cc(C)nnc1C)c1cnnn1C. The Morgan fingerprint density at radius 3 is 2.65 bits per heavy atom. The molecule has 0 fully saturated rings. The van der Waals surface area contributed by atoms with Crippen LogP contribution in [0.25, 0.3) is 0 Å². The molecule has 0 bridgehead atoms. The van der Waals surface area contributed by atoms with Crippen LogP contribution in [0.5, 0.6) is 0 Å². The van der Waals surface area contributed by atoms with Crippen molar-refractivity contribution in [1.82, 2.24) is 30.5 Å². The molecule has 0 aliphatic rings. The maximum atomic E-state index is 4.15. The van der Waals surface area contributed by atoms with Gasteiger partial charge in [-0.3, -0.25) is 4.68 Å². The highest BCUT2D eigenvalue weighted by Crippen LogP contribution is 2.22. The molecule has 2 heterocycles. The molecule has 90 valence electrons. The van der Waals surface area contributed by atoms with Gasteiger partial charge in [-0.05, 0) is 27.0 Å². The van der Waals surface area contributed by atoms with Gasteiger partial charge in [0.05, 0.1) is 29.3 Å². The second kappa shape index (κ2) is 4.58. The second-order valence-corrected chi connectivity index (χ2v) is 4.03. The first kappa shape index (κ1) is 11.7. The van der Waals surface area contributed by atoms with E-state index in [9.17, 15) is 0 Å². The van der Waals surface area contributed by atoms with Crippen LogP contribution in [0.4, 0.5) is 0 Å². The van der Waals surface area contributed by atoms with Crippen LogP contribution in [0.1, 0.15) is 28.7 Å². The molecule has 0 radical (unpaired) electrons. The average molecular weight is 232 g/mol. The third-order valence-electron chi connectivity index (χ3n) is 2.78. The molecule has 2 aromatic heterocycles. The molecule has 17 heavy (non-hydrogen) atoms. The molecule has 0 aliphatic heterocycles. The maximum Gasteiger partial charge on any atom is 0.0799 e. The normalized spacial score (nSPS) is 12.7. The maximum absolute atomic E-state index is 4.15. The van der Waals surface area contributed by atoms with E-state index in [2.05, 4.69) is 25.8 Å². The molecular formula is C11H16N6. The Morgan fingerprint density at radius 1 is 1.29 bits per heavy atom. The van der Waals surface area contributed by atoms with Crippen LogP contribution >= 0.6 is 0 Å². The van der Waals surface area contributed by atoms with E-state index in [4.69, 9.17) is 0 Å². The van der Waals surface area contributed by atoms with Crippen molar-refractivity contribution in [2.45, 2.75) is 19.9 Å². The number of rotatable bonds is 3. The largest absolute Gasteiger partial charge is 0.308 e. The van der Waals surface area contributed by atoms with E-state index in [1.165, 1.54) is 0 Å². The van der Waals surface area contributed by atoms with Crippen LogP contribution in [-0.2, 0) is 7.05 Å². The van der Waals surface area contributed by atoms with Gasteiger partial charge >= 0.3 is 0 Å². The zero-order valence-electron chi connectivity index (χ0n) is 10.5. The molecule has 6 nitrogen and oxygen atoms in total. The zero-order chi connectivity index (χ0) is 12.4. The molecule has 6 heteroatoms. The lowest BCUT2D eigenvalue weighted by molar-refractivity contribution is 0.591. The first-order valence-electron chi connectivity index (χ1n) is 5.46. The van der Waals surface area contributed by atoms with Crippen molar-refractivity contribution in [3.63, 3.8) is 0 Å². The monoisotopic (exact) mass is 232 g/mol. The van der Waals surface area contributed by atoms with E-state index >= 15 is 0 Å². The lowest BCUT2D eigenvalue weighted by Crippen LogP contribution is -2.22. The molecule has 0 aliphatic carbocycles. The predicted molar refractivity (Wildman–Crippen MR) is 63.4 cm³/mol. The minimum atomic E-state index is 0.0317. The summed E-state index contributed by atoms with van der Waals surface area (Å²) in [5.41, 5.74) is 3.92. The van der Waals surface area contributed by atoms with Gasteiger partial charge in [0.25, 0.3) is 0 Å². The summed E-state index contributed by atoms with van der Waals surface area (Å²) in [6.45, 7) is 3.89. The Bertz CT molecular complexity index is 518. The summed E-state index contributed by atoms with van der Waals surface area (Å²) in [5.74, 6) is 0. The Balaban J connectivity index is 2.49. The van der Waals surface area contributed by atoms with Gasteiger partial charge in [-0.15, -0.1) is 5.10 Å². The van der Waals surface area contributed by atoms with E-state index in [0.717, 1.165) is 22.6 Å². The van der Waals surface area contributed by atoms with Gasteiger partial charge in [0.1, 0.15) is 0 Å². The van der Waals surface area contributed by atoms with Gasteiger partial charge < -0.3 is 5.32 Å². The highest BCUT2D eigenvalue weighted by molar-refractivity contribution is 5.30. The molecule has 0 aromatic carbocycles. The summed E-state index contributed by atoms with van der Waals surface area (Å²) >= 11 is 0. The Morgan fingerprint density at radius 2 is 2.06 bits per heavy atom. The summed E-state index contributed by atoms with van der Waals surface area (Å²) in [7, 11) is 3.79. The number of aryl methyl sites for hydroxylation is 3. The van der Waals surface area contributed by atoms with Gasteiger partial charge in [0.15, 0.2) is 0 Å². The van der Waals surface area contributed by atoms with E-state index in [1.807, 2.05) is 34.0 Å². The van der Waals surface area contributed by atoms with E-state index < -0.39 is 0 Å². The summed E-state index contributed by atoms with van der Waals surface area (Å²) in [6, 6.07) is 2.07. The summed E-state index contributed by atoms with van der Waals surface area (Å²) in [6.07, 6.45) is 1.76. The third kappa shape index (κ3) is 2.16. The average Bonchev–Trinajstić information content (AvgIpc) is 2.71. The van der Waals surface area contributed by atoms with Crippen molar-refractivity contribution in [3.8, 4) is 0 Å². The molecular weight excluding hydrogens is 216 g/mol. The quantitative estimate of drug-likeness (QED) is 0.836. The summed E-state index contributed by atoms with van der Waals surface area (Å²) in [4.78, 5) is 0. The molecule has 2 aromatic rings. The van der Waals surface area contributed by atoms with Gasteiger partial charge in [0.2, 0.25) is 0 Å². The van der Waals surface area contributed by atoms with E-state index in [1.54, 1.807) is 10.9 Å². The van der Waals surface area contributed by atoms with Crippen molar-refractivity contribution in [1.29, 1.82) is 0 Å². The first-order chi connectivity index (χ1) is 8.13. The second-order valence-electron chi connectivity index (χ2n) is 4.03. The smallest absolute Gasteiger partial charge is 0.0799 e. The van der Waals surface area contributed by atoms with Crippen LogP contribution < -0.4 is 5.32 Å². The zero-order valence-corrected chi connectivity index (χ0v) is 10.5. The fraction of sp³-hybridized carbons (Fsp3) is 0.455. The van der Waals surface area contributed by atoms with Crippen LogP contribution in [-0.4, -0.2) is 32.2 Å². The molecule has 0 amide bonds. The molecule has 0 saturated carbocycles. The van der Waals surface area contributed by atoms with Crippen LogP contribution in [0, 0.1) is 13.8 Å². The minimum absolute atomic E-state index is 0.0317. The lowest BCUT2D eigenvalue weighted by atomic mass is 10.0. The van der Waals surface area contributed by atoms with Gasteiger partial charge in [-0.1, -0.05) is 5.21 Å². The van der Waals surface area contributed by atoms with E-state index in [-0.39, 0.29) is 6.04 Å². The van der Waals surface area contributed by atoms with Crippen molar-refractivity contribution < 1.29 is 0 Å². The fourth-order valence-corrected chi connectivity index (χ4v) is 1.88. The highest BCUT2D eigenvalue weighted by atomic mass is 15.4. The predicted octanol–water partition coefficient (Wildman–Crippen LogP) is 0.531. The fourth-order valence-electron chi connectivity index (χ4n) is 1.88. The third-order valence-corrected chi connectivity index (χ3v) is 2.78. The van der Waals surface area contributed by atoms with E-state index in [0.29, 0.717) is 0 Å². The molecule has 0 spiro atoms. The van der Waals surface area contributed by atoms with Crippen LogP contribution in [0.2, 0.25) is 0 Å². The standard InChI is InChI=1S/C11H16N6/c1-7-5-9(8(2)15-14-7)11(12-3)10-6-13-16-17(10)4/h5-6,11-12H,1-4H3. The Labute approximate surface area is 100 Å². The highest BCUT2D eigenvalue weighted by Gasteiger charge is 2.19. The summed E-state index contributed by atoms with van der Waals surface area (Å²) in [5, 5.41) is 19.3. The van der Waals surface area contributed by atoms with Crippen molar-refractivity contribution in [2.75, 3.05) is 7.05 Å². The number of hydrogen-bond donors (Lipinski definition) is 1. The van der Waals surface area contributed by atoms with Crippen molar-refractivity contribution >= 4 is 0 Å². The topological polar surface area (TPSA) is 68.5 Å². The molecule has 2 rings (SSSR count). The Hall–Kier alpha value is -1.82. The first-order valence-corrected chi connectivity index (χ1v) is 5.46. The van der Waals surface area contributed by atoms with Gasteiger partial charge in [-0.2, -0.15) is 10.2 Å². The molecule has 1 N–H and O–H groups in total. The number of nitrogens with zero attached hydrogens (tertiary/aromatic N) is 5. The molecule has 1 atom stereocenters. The number of aromatic nitrogens is 5. The lowest BCUT2D eigenvalue weighted by Gasteiger charge is -2.17.